The van der Waals surface area contributed by atoms with Gasteiger partial charge in [-0.3, -0.25) is 4.79 Å². The van der Waals surface area contributed by atoms with Crippen LogP contribution in [0, 0.1) is 20.8 Å². The lowest BCUT2D eigenvalue weighted by atomic mass is 10.1. The van der Waals surface area contributed by atoms with Gasteiger partial charge in [0.2, 0.25) is 0 Å². The summed E-state index contributed by atoms with van der Waals surface area (Å²) < 4.78 is 3.95. The Hall–Kier alpha value is -2.53. The Morgan fingerprint density at radius 3 is 2.39 bits per heavy atom. The Labute approximate surface area is 139 Å². The molecule has 5 heteroatoms. The quantitative estimate of drug-likeness (QED) is 0.778. The number of amides is 1. The number of carbonyl (C=O) groups is 1. The molecular weight excluding hydrogens is 306 g/mol. The molecule has 3 aromatic rings. The van der Waals surface area contributed by atoms with Crippen LogP contribution in [0.4, 0.5) is 5.69 Å². The van der Waals surface area contributed by atoms with E-state index in [2.05, 4.69) is 14.9 Å². The summed E-state index contributed by atoms with van der Waals surface area (Å²) in [4.78, 5) is 13.1. The van der Waals surface area contributed by atoms with Crippen LogP contribution in [0.25, 0.3) is 11.3 Å². The van der Waals surface area contributed by atoms with Crippen LogP contribution in [0.5, 0.6) is 0 Å². The van der Waals surface area contributed by atoms with Gasteiger partial charge < -0.3 is 5.32 Å². The number of hydrogen-bond acceptors (Lipinski definition) is 4. The fourth-order valence-electron chi connectivity index (χ4n) is 2.37. The predicted octanol–water partition coefficient (Wildman–Crippen LogP) is 4.38. The molecule has 0 unspecified atom stereocenters. The molecule has 1 heterocycles. The zero-order valence-corrected chi connectivity index (χ0v) is 14.1. The fraction of sp³-hybridized carbons (Fsp3) is 0.167. The largest absolute Gasteiger partial charge is 0.321 e. The lowest BCUT2D eigenvalue weighted by Gasteiger charge is -2.08. The van der Waals surface area contributed by atoms with Gasteiger partial charge in [-0.1, -0.05) is 52.0 Å². The highest BCUT2D eigenvalue weighted by Crippen LogP contribution is 2.26. The van der Waals surface area contributed by atoms with Gasteiger partial charge in [0.05, 0.1) is 0 Å². The van der Waals surface area contributed by atoms with E-state index in [1.165, 1.54) is 11.1 Å². The summed E-state index contributed by atoms with van der Waals surface area (Å²) in [5, 5.41) is 7.08. The van der Waals surface area contributed by atoms with Gasteiger partial charge in [-0.05, 0) is 43.9 Å². The molecule has 0 aliphatic carbocycles. The molecule has 23 heavy (non-hydrogen) atoms. The van der Waals surface area contributed by atoms with Crippen LogP contribution >= 0.6 is 11.5 Å². The van der Waals surface area contributed by atoms with Gasteiger partial charge in [0.1, 0.15) is 10.6 Å². The molecule has 0 atom stereocenters. The molecule has 0 bridgehead atoms. The molecule has 0 aliphatic rings. The van der Waals surface area contributed by atoms with E-state index >= 15 is 0 Å². The van der Waals surface area contributed by atoms with Crippen molar-refractivity contribution in [3.8, 4) is 11.3 Å². The second-order valence-electron chi connectivity index (χ2n) is 5.59. The number of aryl methyl sites for hydroxylation is 3. The Morgan fingerprint density at radius 2 is 1.70 bits per heavy atom. The lowest BCUT2D eigenvalue weighted by molar-refractivity contribution is 0.103. The zero-order chi connectivity index (χ0) is 16.4. The molecule has 1 aromatic heterocycles. The summed E-state index contributed by atoms with van der Waals surface area (Å²) >= 11 is 1.11. The van der Waals surface area contributed by atoms with Crippen LogP contribution in [-0.2, 0) is 0 Å². The molecule has 0 radical (unpaired) electrons. The van der Waals surface area contributed by atoms with Gasteiger partial charge >= 0.3 is 0 Å². The third kappa shape index (κ3) is 3.29. The molecule has 0 fully saturated rings. The Kier molecular flexibility index (Phi) is 4.21. The van der Waals surface area contributed by atoms with Gasteiger partial charge in [-0.2, -0.15) is 0 Å². The highest BCUT2D eigenvalue weighted by Gasteiger charge is 2.18. The average Bonchev–Trinajstić information content (AvgIpc) is 3.00. The van der Waals surface area contributed by atoms with Crippen LogP contribution in [0.15, 0.2) is 42.5 Å². The molecule has 1 N–H and O–H groups in total. The predicted molar refractivity (Wildman–Crippen MR) is 94.0 cm³/mol. The standard InChI is InChI=1S/C18H17N3OS/c1-11-4-7-14(8-5-11)16-17(23-21-20-16)18(22)19-15-9-6-12(2)10-13(15)3/h4-10H,1-3H3,(H,19,22). The second-order valence-corrected chi connectivity index (χ2v) is 6.34. The monoisotopic (exact) mass is 323 g/mol. The van der Waals surface area contributed by atoms with E-state index in [-0.39, 0.29) is 5.91 Å². The maximum atomic E-state index is 12.6. The number of rotatable bonds is 3. The number of carbonyl (C=O) groups excluding carboxylic acids is 1. The molecule has 0 spiro atoms. The number of anilines is 1. The molecule has 3 rings (SSSR count). The van der Waals surface area contributed by atoms with Crippen molar-refractivity contribution in [3.05, 3.63) is 64.0 Å². The first-order valence-corrected chi connectivity index (χ1v) is 8.10. The first kappa shape index (κ1) is 15.4. The van der Waals surface area contributed by atoms with Crippen molar-refractivity contribution in [1.82, 2.24) is 9.59 Å². The van der Waals surface area contributed by atoms with Gasteiger partial charge in [-0.15, -0.1) is 5.10 Å². The van der Waals surface area contributed by atoms with Crippen LogP contribution in [0.2, 0.25) is 0 Å². The SMILES string of the molecule is Cc1ccc(-c2nnsc2C(=O)Nc2ccc(C)cc2C)cc1. The third-order valence-corrected chi connectivity index (χ3v) is 4.37. The summed E-state index contributed by atoms with van der Waals surface area (Å²) in [6.45, 7) is 6.03. The van der Waals surface area contributed by atoms with E-state index in [1.807, 2.05) is 63.2 Å². The van der Waals surface area contributed by atoms with Crippen molar-refractivity contribution in [2.24, 2.45) is 0 Å². The maximum absolute atomic E-state index is 12.6. The average molecular weight is 323 g/mol. The number of nitrogens with one attached hydrogen (secondary N) is 1. The Balaban J connectivity index is 1.89. The Bertz CT molecular complexity index is 853. The minimum absolute atomic E-state index is 0.178. The summed E-state index contributed by atoms with van der Waals surface area (Å²) in [5.41, 5.74) is 5.70. The molecule has 0 saturated carbocycles. The first-order chi connectivity index (χ1) is 11.0. The second kappa shape index (κ2) is 6.30. The van der Waals surface area contributed by atoms with Gasteiger partial charge in [0, 0.05) is 11.3 Å². The van der Waals surface area contributed by atoms with E-state index in [1.54, 1.807) is 0 Å². The smallest absolute Gasteiger partial charge is 0.269 e. The first-order valence-electron chi connectivity index (χ1n) is 7.32. The van der Waals surface area contributed by atoms with Gasteiger partial charge in [0.25, 0.3) is 5.91 Å². The number of aromatic nitrogens is 2. The van der Waals surface area contributed by atoms with Crippen molar-refractivity contribution in [2.75, 3.05) is 5.32 Å². The summed E-state index contributed by atoms with van der Waals surface area (Å²) in [6, 6.07) is 13.9. The highest BCUT2D eigenvalue weighted by molar-refractivity contribution is 7.08. The minimum atomic E-state index is -0.178. The van der Waals surface area contributed by atoms with E-state index in [0.29, 0.717) is 10.6 Å². The summed E-state index contributed by atoms with van der Waals surface area (Å²) in [7, 11) is 0. The van der Waals surface area contributed by atoms with Crippen LogP contribution in [-0.4, -0.2) is 15.5 Å². The van der Waals surface area contributed by atoms with E-state index < -0.39 is 0 Å². The van der Waals surface area contributed by atoms with E-state index in [0.717, 1.165) is 28.3 Å². The minimum Gasteiger partial charge on any atom is -0.321 e. The topological polar surface area (TPSA) is 54.9 Å². The molecule has 116 valence electrons. The highest BCUT2D eigenvalue weighted by atomic mass is 32.1. The summed E-state index contributed by atoms with van der Waals surface area (Å²) in [6.07, 6.45) is 0. The van der Waals surface area contributed by atoms with Crippen molar-refractivity contribution in [2.45, 2.75) is 20.8 Å². The van der Waals surface area contributed by atoms with Crippen molar-refractivity contribution in [3.63, 3.8) is 0 Å². The van der Waals surface area contributed by atoms with Crippen LogP contribution in [0.1, 0.15) is 26.4 Å². The molecule has 2 aromatic carbocycles. The van der Waals surface area contributed by atoms with Gasteiger partial charge in [-0.25, -0.2) is 0 Å². The molecule has 0 saturated heterocycles. The normalized spacial score (nSPS) is 10.6. The molecule has 4 nitrogen and oxygen atoms in total. The number of hydrogen-bond donors (Lipinski definition) is 1. The molecule has 1 amide bonds. The maximum Gasteiger partial charge on any atom is 0.269 e. The van der Waals surface area contributed by atoms with Crippen LogP contribution < -0.4 is 5.32 Å². The lowest BCUT2D eigenvalue weighted by Crippen LogP contribution is -2.12. The Morgan fingerprint density at radius 1 is 1.00 bits per heavy atom. The van der Waals surface area contributed by atoms with Crippen molar-refractivity contribution >= 4 is 23.1 Å². The zero-order valence-electron chi connectivity index (χ0n) is 13.3. The van der Waals surface area contributed by atoms with Crippen molar-refractivity contribution < 1.29 is 4.79 Å². The third-order valence-electron chi connectivity index (χ3n) is 3.65. The van der Waals surface area contributed by atoms with Crippen LogP contribution in [0.3, 0.4) is 0 Å². The van der Waals surface area contributed by atoms with Gasteiger partial charge in [0.15, 0.2) is 0 Å². The molecular formula is C18H17N3OS. The number of benzene rings is 2. The molecule has 0 aliphatic heterocycles. The van der Waals surface area contributed by atoms with Crippen molar-refractivity contribution in [1.29, 1.82) is 0 Å². The number of nitrogens with zero attached hydrogens (tertiary/aromatic N) is 2. The summed E-state index contributed by atoms with van der Waals surface area (Å²) in [5.74, 6) is -0.178. The fourth-order valence-corrected chi connectivity index (χ4v) is 2.96. The van der Waals surface area contributed by atoms with E-state index in [9.17, 15) is 4.79 Å². The van der Waals surface area contributed by atoms with E-state index in [4.69, 9.17) is 0 Å².